The average Bonchev–Trinajstić information content (AvgIpc) is 3.74. The van der Waals surface area contributed by atoms with Crippen LogP contribution in [0.25, 0.3) is 22.3 Å². The first-order chi connectivity index (χ1) is 22.9. The van der Waals surface area contributed by atoms with Crippen molar-refractivity contribution in [1.29, 1.82) is 0 Å². The number of ether oxygens (including phenoxy) is 2. The molecule has 4 aromatic heterocycles. The second-order valence-corrected chi connectivity index (χ2v) is 15.0. The number of phosphoric acid groups is 3. The fourth-order valence-electron chi connectivity index (χ4n) is 5.43. The third kappa shape index (κ3) is 7.09. The van der Waals surface area contributed by atoms with Crippen molar-refractivity contribution in [3.63, 3.8) is 0 Å². The second kappa shape index (κ2) is 12.9. The minimum absolute atomic E-state index is 0.00954. The number of rotatable bonds is 11. The highest BCUT2D eigenvalue weighted by atomic mass is 31.3. The maximum absolute atomic E-state index is 13.0. The molecule has 0 bridgehead atoms. The van der Waals surface area contributed by atoms with E-state index in [0.717, 1.165) is 23.5 Å². The van der Waals surface area contributed by atoms with E-state index in [4.69, 9.17) is 35.3 Å². The summed E-state index contributed by atoms with van der Waals surface area (Å²) in [5.41, 5.74) is 12.0. The molecule has 11 atom stereocenters. The predicted molar refractivity (Wildman–Crippen MR) is 155 cm³/mol. The normalized spacial score (nSPS) is 30.9. The molecule has 49 heavy (non-hydrogen) atoms. The van der Waals surface area contributed by atoms with Crippen LogP contribution in [-0.2, 0) is 36.3 Å². The minimum atomic E-state index is -6.01. The number of hydrogen-bond donors (Lipinski definition) is 10. The van der Waals surface area contributed by atoms with Crippen LogP contribution >= 0.6 is 23.5 Å². The van der Waals surface area contributed by atoms with E-state index in [1.54, 1.807) is 0 Å². The van der Waals surface area contributed by atoms with Crippen LogP contribution in [0.4, 0.5) is 11.6 Å². The molecule has 29 heteroatoms. The molecule has 0 aromatic carbocycles. The number of nitrogens with zero attached hydrogens (tertiary/aromatic N) is 8. The molecule has 26 nitrogen and oxygen atoms in total. The molecule has 2 aliphatic heterocycles. The van der Waals surface area contributed by atoms with Gasteiger partial charge in [0.2, 0.25) is 0 Å². The van der Waals surface area contributed by atoms with E-state index in [0.29, 0.717) is 0 Å². The summed E-state index contributed by atoms with van der Waals surface area (Å²) in [5, 5.41) is 43.9. The van der Waals surface area contributed by atoms with Crippen molar-refractivity contribution in [2.24, 2.45) is 0 Å². The van der Waals surface area contributed by atoms with Gasteiger partial charge in [-0.25, -0.2) is 43.6 Å². The summed E-state index contributed by atoms with van der Waals surface area (Å²) in [6, 6.07) is 0. The van der Waals surface area contributed by atoms with E-state index in [2.05, 4.69) is 38.5 Å². The standard InChI is InChI=1S/C20H27N10O16P3/c21-15-8-17(25-2-23-15)29(4-27-8)19-12(33)10(31)6(42-19)1-7(44-48(38,39)46-49(40,41)45-47(35,36)37)14-11(32)13(34)20(43-14)30-5-28-9-16(22)24-3-26-18(9)30/h2-7,10-14,19-20,31-34H,1H2,(H,38,39)(H,40,41)(H2,21,23,25)(H2,22,24,26)(H2,35,36,37). The summed E-state index contributed by atoms with van der Waals surface area (Å²) < 4.78 is 62.8. The fourth-order valence-corrected chi connectivity index (χ4v) is 8.63. The quantitative estimate of drug-likeness (QED) is 0.0689. The van der Waals surface area contributed by atoms with E-state index in [-0.39, 0.29) is 34.0 Å². The highest BCUT2D eigenvalue weighted by Gasteiger charge is 2.54. The summed E-state index contributed by atoms with van der Waals surface area (Å²) in [4.78, 5) is 61.6. The molecule has 6 heterocycles. The maximum atomic E-state index is 13.0. The summed E-state index contributed by atoms with van der Waals surface area (Å²) in [6.07, 6.45) is -12.1. The maximum Gasteiger partial charge on any atom is 0.490 e. The van der Waals surface area contributed by atoms with Crippen LogP contribution in [0.1, 0.15) is 18.9 Å². The number of fused-ring (bicyclic) bond motifs is 2. The molecular formula is C20H27N10O16P3. The molecule has 0 aliphatic carbocycles. The van der Waals surface area contributed by atoms with Crippen molar-refractivity contribution in [3.05, 3.63) is 25.3 Å². The number of hydrogen-bond acceptors (Lipinski definition) is 20. The zero-order valence-electron chi connectivity index (χ0n) is 24.1. The molecule has 2 fully saturated rings. The van der Waals surface area contributed by atoms with Crippen molar-refractivity contribution >= 4 is 57.4 Å². The second-order valence-electron chi connectivity index (χ2n) is 10.7. The van der Waals surface area contributed by atoms with Gasteiger partial charge >= 0.3 is 23.5 Å². The molecule has 2 saturated heterocycles. The minimum Gasteiger partial charge on any atom is -0.388 e. The highest BCUT2D eigenvalue weighted by molar-refractivity contribution is 7.66. The lowest BCUT2D eigenvalue weighted by Gasteiger charge is -2.30. The Kier molecular flexibility index (Phi) is 9.38. The van der Waals surface area contributed by atoms with Crippen molar-refractivity contribution in [2.75, 3.05) is 11.5 Å². The van der Waals surface area contributed by atoms with Gasteiger partial charge in [0, 0.05) is 6.42 Å². The van der Waals surface area contributed by atoms with E-state index in [1.165, 1.54) is 10.9 Å². The van der Waals surface area contributed by atoms with Crippen LogP contribution in [0.5, 0.6) is 0 Å². The lowest BCUT2D eigenvalue weighted by molar-refractivity contribution is -0.105. The first kappa shape index (κ1) is 35.7. The highest BCUT2D eigenvalue weighted by Crippen LogP contribution is 2.67. The molecule has 6 rings (SSSR count). The third-order valence-electron chi connectivity index (χ3n) is 7.45. The fraction of sp³-hybridized carbons (Fsp3) is 0.500. The van der Waals surface area contributed by atoms with Crippen LogP contribution in [-0.4, -0.2) is 122 Å². The van der Waals surface area contributed by atoms with Gasteiger partial charge in [-0.2, -0.15) is 8.62 Å². The van der Waals surface area contributed by atoms with Crippen LogP contribution < -0.4 is 11.5 Å². The molecular weight excluding hydrogens is 729 g/mol. The summed E-state index contributed by atoms with van der Waals surface area (Å²) in [6.45, 7) is 0. The summed E-state index contributed by atoms with van der Waals surface area (Å²) in [7, 11) is -17.7. The lowest BCUT2D eigenvalue weighted by atomic mass is 9.98. The van der Waals surface area contributed by atoms with Gasteiger partial charge in [-0.15, -0.1) is 0 Å². The molecule has 0 saturated carbocycles. The number of aliphatic hydroxyl groups is 4. The van der Waals surface area contributed by atoms with Gasteiger partial charge in [0.25, 0.3) is 0 Å². The van der Waals surface area contributed by atoms with Gasteiger partial charge in [0.1, 0.15) is 60.3 Å². The first-order valence-corrected chi connectivity index (χ1v) is 18.1. The number of aromatic nitrogens is 8. The first-order valence-electron chi connectivity index (χ1n) is 13.6. The molecule has 268 valence electrons. The number of anilines is 2. The topological polar surface area (TPSA) is 398 Å². The van der Waals surface area contributed by atoms with E-state index >= 15 is 0 Å². The average molecular weight is 756 g/mol. The van der Waals surface area contributed by atoms with Gasteiger partial charge in [-0.3, -0.25) is 13.7 Å². The molecule has 0 radical (unpaired) electrons. The van der Waals surface area contributed by atoms with Crippen LogP contribution in [0.2, 0.25) is 0 Å². The molecule has 0 spiro atoms. The largest absolute Gasteiger partial charge is 0.490 e. The Morgan fingerprint density at radius 3 is 1.76 bits per heavy atom. The van der Waals surface area contributed by atoms with Crippen LogP contribution in [0.3, 0.4) is 0 Å². The van der Waals surface area contributed by atoms with Crippen LogP contribution in [0.15, 0.2) is 25.3 Å². The Balaban J connectivity index is 1.31. The number of aliphatic hydroxyl groups excluding tert-OH is 4. The zero-order valence-corrected chi connectivity index (χ0v) is 26.8. The molecule has 4 aromatic rings. The molecule has 2 aliphatic rings. The van der Waals surface area contributed by atoms with Crippen molar-refractivity contribution in [1.82, 2.24) is 39.0 Å². The summed E-state index contributed by atoms with van der Waals surface area (Å²) >= 11 is 0. The molecule has 0 amide bonds. The van der Waals surface area contributed by atoms with Crippen LogP contribution in [0, 0.1) is 0 Å². The van der Waals surface area contributed by atoms with Crippen molar-refractivity contribution < 1.29 is 76.3 Å². The van der Waals surface area contributed by atoms with Gasteiger partial charge in [-0.1, -0.05) is 0 Å². The Labute approximate surface area is 271 Å². The molecule has 11 unspecified atom stereocenters. The summed E-state index contributed by atoms with van der Waals surface area (Å²) in [5.74, 6) is -0.0520. The number of nitrogens with two attached hydrogens (primary N) is 2. The Morgan fingerprint density at radius 2 is 1.22 bits per heavy atom. The zero-order chi connectivity index (χ0) is 35.6. The number of imidazole rings is 2. The Morgan fingerprint density at radius 1 is 0.714 bits per heavy atom. The van der Waals surface area contributed by atoms with Gasteiger partial charge in [0.05, 0.1) is 18.8 Å². The number of nitrogen functional groups attached to an aromatic ring is 2. The van der Waals surface area contributed by atoms with E-state index in [9.17, 15) is 43.9 Å². The van der Waals surface area contributed by atoms with Gasteiger partial charge in [-0.05, 0) is 0 Å². The number of phosphoric ester groups is 1. The van der Waals surface area contributed by atoms with E-state index in [1.807, 2.05) is 0 Å². The molecule has 12 N–H and O–H groups in total. The van der Waals surface area contributed by atoms with Gasteiger partial charge < -0.3 is 60.9 Å². The third-order valence-corrected chi connectivity index (χ3v) is 11.3. The van der Waals surface area contributed by atoms with Crippen molar-refractivity contribution in [3.8, 4) is 0 Å². The lowest BCUT2D eigenvalue weighted by Crippen LogP contribution is -2.43. The smallest absolute Gasteiger partial charge is 0.388 e. The Hall–Kier alpha value is -3.13. The van der Waals surface area contributed by atoms with Gasteiger partial charge in [0.15, 0.2) is 35.4 Å². The van der Waals surface area contributed by atoms with E-state index < -0.39 is 85.1 Å². The SMILES string of the molecule is Nc1ncnc2c1ncn2C1OC(CC(OP(=O)(O)OP(=O)(O)OP(=O)(O)O)C2OC(n3cnc4c(N)ncnc43)C(O)C2O)C(O)C1O. The Bertz CT molecular complexity index is 2010. The predicted octanol–water partition coefficient (Wildman–Crippen LogP) is -2.83. The van der Waals surface area contributed by atoms with Crippen molar-refractivity contribution in [2.45, 2.75) is 61.6 Å². The monoisotopic (exact) mass is 756 g/mol.